The van der Waals surface area contributed by atoms with Gasteiger partial charge in [0.1, 0.15) is 0 Å². The van der Waals surface area contributed by atoms with Gasteiger partial charge in [0.2, 0.25) is 0 Å². The van der Waals surface area contributed by atoms with Gasteiger partial charge in [0.15, 0.2) is 0 Å². The molecule has 0 heteroatoms. The van der Waals surface area contributed by atoms with Crippen molar-refractivity contribution in [2.45, 2.75) is 20.3 Å². The molecule has 0 amide bonds. The lowest BCUT2D eigenvalue weighted by Gasteiger charge is -1.95. The summed E-state index contributed by atoms with van der Waals surface area (Å²) < 4.78 is 0. The Labute approximate surface area is 69.6 Å². The number of rotatable bonds is 1. The number of benzene rings is 1. The average Bonchev–Trinajstić information content (AvgIpc) is 2.08. The van der Waals surface area contributed by atoms with Gasteiger partial charge in [-0.3, -0.25) is 0 Å². The third kappa shape index (κ3) is 3.61. The monoisotopic (exact) mass is 148 g/mol. The summed E-state index contributed by atoms with van der Waals surface area (Å²) >= 11 is 0. The minimum absolute atomic E-state index is 1.14. The maximum atomic E-state index is 3.00. The molecule has 0 nitrogen and oxygen atoms in total. The van der Waals surface area contributed by atoms with Crippen LogP contribution in [0.25, 0.3) is 0 Å². The first-order chi connectivity index (χ1) is 5.33. The molecule has 0 radical (unpaired) electrons. The van der Waals surface area contributed by atoms with Gasteiger partial charge in [0.05, 0.1) is 0 Å². The Morgan fingerprint density at radius 3 is 2.27 bits per heavy atom. The summed E-state index contributed by atoms with van der Waals surface area (Å²) in [5.41, 5.74) is 2.78. The standard InChI is InChI=1S/C9H12.C2H4/c1-3-9-6-4-5-8(2)7-9;1-2/h4-7H,3H2,1-2H3;1-2H2. The van der Waals surface area contributed by atoms with Crippen LogP contribution in [0.5, 0.6) is 0 Å². The van der Waals surface area contributed by atoms with Crippen LogP contribution >= 0.6 is 0 Å². The Morgan fingerprint density at radius 2 is 1.91 bits per heavy atom. The quantitative estimate of drug-likeness (QED) is 0.536. The van der Waals surface area contributed by atoms with E-state index in [0.717, 1.165) is 6.42 Å². The van der Waals surface area contributed by atoms with Crippen molar-refractivity contribution >= 4 is 0 Å². The van der Waals surface area contributed by atoms with Crippen molar-refractivity contribution in [1.29, 1.82) is 0 Å². The summed E-state index contributed by atoms with van der Waals surface area (Å²) in [5, 5.41) is 0. The number of hydrogen-bond acceptors (Lipinski definition) is 0. The second-order valence-electron chi connectivity index (χ2n) is 2.34. The largest absolute Gasteiger partial charge is 0.106 e. The van der Waals surface area contributed by atoms with Gasteiger partial charge in [-0.25, -0.2) is 0 Å². The van der Waals surface area contributed by atoms with E-state index in [1.807, 2.05) is 0 Å². The molecule has 0 aromatic heterocycles. The lowest BCUT2D eigenvalue weighted by molar-refractivity contribution is 1.13. The Bertz CT molecular complexity index is 201. The van der Waals surface area contributed by atoms with Gasteiger partial charge in [0.25, 0.3) is 0 Å². The van der Waals surface area contributed by atoms with Crippen LogP contribution < -0.4 is 0 Å². The van der Waals surface area contributed by atoms with Crippen LogP contribution in [0.15, 0.2) is 37.4 Å². The Morgan fingerprint density at radius 1 is 1.27 bits per heavy atom. The van der Waals surface area contributed by atoms with E-state index in [1.54, 1.807) is 0 Å². The number of hydrogen-bond donors (Lipinski definition) is 0. The summed E-state index contributed by atoms with van der Waals surface area (Å²) in [7, 11) is 0. The predicted octanol–water partition coefficient (Wildman–Crippen LogP) is 3.36. The average molecular weight is 148 g/mol. The predicted molar refractivity (Wildman–Crippen MR) is 51.8 cm³/mol. The van der Waals surface area contributed by atoms with E-state index in [0.29, 0.717) is 0 Å². The zero-order valence-electron chi connectivity index (χ0n) is 7.43. The van der Waals surface area contributed by atoms with E-state index in [1.165, 1.54) is 11.1 Å². The van der Waals surface area contributed by atoms with E-state index in [4.69, 9.17) is 0 Å². The third-order valence-corrected chi connectivity index (χ3v) is 1.49. The minimum Gasteiger partial charge on any atom is -0.106 e. The fourth-order valence-electron chi connectivity index (χ4n) is 0.932. The van der Waals surface area contributed by atoms with Crippen molar-refractivity contribution in [2.24, 2.45) is 0 Å². The molecular formula is C11H16. The van der Waals surface area contributed by atoms with Crippen LogP contribution in [-0.4, -0.2) is 0 Å². The second-order valence-corrected chi connectivity index (χ2v) is 2.34. The SMILES string of the molecule is C=C.CCc1cccc(C)c1. The molecule has 1 rings (SSSR count). The Balaban J connectivity index is 0.000000461. The fourth-order valence-corrected chi connectivity index (χ4v) is 0.932. The molecular weight excluding hydrogens is 132 g/mol. The van der Waals surface area contributed by atoms with Gasteiger partial charge in [0, 0.05) is 0 Å². The molecule has 0 N–H and O–H groups in total. The van der Waals surface area contributed by atoms with Crippen LogP contribution in [0.2, 0.25) is 0 Å². The molecule has 1 aromatic rings. The van der Waals surface area contributed by atoms with Gasteiger partial charge in [-0.2, -0.15) is 0 Å². The van der Waals surface area contributed by atoms with Gasteiger partial charge >= 0.3 is 0 Å². The van der Waals surface area contributed by atoms with E-state index >= 15 is 0 Å². The highest BCUT2D eigenvalue weighted by Crippen LogP contribution is 2.03. The van der Waals surface area contributed by atoms with Crippen LogP contribution in [0, 0.1) is 6.92 Å². The molecule has 0 heterocycles. The van der Waals surface area contributed by atoms with Crippen molar-refractivity contribution < 1.29 is 0 Å². The second kappa shape index (κ2) is 5.72. The minimum atomic E-state index is 1.14. The van der Waals surface area contributed by atoms with E-state index < -0.39 is 0 Å². The molecule has 1 aromatic carbocycles. The molecule has 0 atom stereocenters. The summed E-state index contributed by atoms with van der Waals surface area (Å²) in [6.45, 7) is 10.3. The van der Waals surface area contributed by atoms with E-state index in [-0.39, 0.29) is 0 Å². The first-order valence-corrected chi connectivity index (χ1v) is 3.88. The molecule has 0 spiro atoms. The lowest BCUT2D eigenvalue weighted by Crippen LogP contribution is -1.78. The highest BCUT2D eigenvalue weighted by Gasteiger charge is 1.85. The molecule has 0 bridgehead atoms. The summed E-state index contributed by atoms with van der Waals surface area (Å²) in [4.78, 5) is 0. The van der Waals surface area contributed by atoms with Crippen molar-refractivity contribution in [3.63, 3.8) is 0 Å². The molecule has 0 aliphatic carbocycles. The maximum Gasteiger partial charge on any atom is -0.0307 e. The van der Waals surface area contributed by atoms with Crippen molar-refractivity contribution in [3.05, 3.63) is 48.6 Å². The van der Waals surface area contributed by atoms with E-state index in [2.05, 4.69) is 51.3 Å². The topological polar surface area (TPSA) is 0 Å². The summed E-state index contributed by atoms with van der Waals surface area (Å²) in [5.74, 6) is 0. The third-order valence-electron chi connectivity index (χ3n) is 1.49. The summed E-state index contributed by atoms with van der Waals surface area (Å²) in [6, 6.07) is 8.61. The Kier molecular flexibility index (Phi) is 5.18. The first kappa shape index (κ1) is 9.96. The molecule has 0 fully saturated rings. The molecule has 0 aliphatic heterocycles. The maximum absolute atomic E-state index is 3.00. The fraction of sp³-hybridized carbons (Fsp3) is 0.273. The van der Waals surface area contributed by atoms with Crippen molar-refractivity contribution in [1.82, 2.24) is 0 Å². The molecule has 0 saturated carbocycles. The van der Waals surface area contributed by atoms with Gasteiger partial charge in [-0.05, 0) is 18.9 Å². The number of aryl methyl sites for hydroxylation is 2. The molecule has 0 aliphatic rings. The van der Waals surface area contributed by atoms with Gasteiger partial charge in [-0.1, -0.05) is 36.8 Å². The molecule has 11 heavy (non-hydrogen) atoms. The van der Waals surface area contributed by atoms with Crippen LogP contribution in [-0.2, 0) is 6.42 Å². The molecule has 0 unspecified atom stereocenters. The van der Waals surface area contributed by atoms with Crippen LogP contribution in [0.3, 0.4) is 0 Å². The zero-order chi connectivity index (χ0) is 8.69. The zero-order valence-corrected chi connectivity index (χ0v) is 7.43. The Hall–Kier alpha value is -1.04. The normalized spacial score (nSPS) is 8.18. The van der Waals surface area contributed by atoms with Gasteiger partial charge in [-0.15, -0.1) is 13.2 Å². The van der Waals surface area contributed by atoms with Crippen LogP contribution in [0.1, 0.15) is 18.1 Å². The molecule has 60 valence electrons. The van der Waals surface area contributed by atoms with Gasteiger partial charge < -0.3 is 0 Å². The van der Waals surface area contributed by atoms with Crippen molar-refractivity contribution in [3.8, 4) is 0 Å². The lowest BCUT2D eigenvalue weighted by atomic mass is 10.1. The highest BCUT2D eigenvalue weighted by atomic mass is 13.9. The summed E-state index contributed by atoms with van der Waals surface area (Å²) in [6.07, 6.45) is 1.14. The van der Waals surface area contributed by atoms with E-state index in [9.17, 15) is 0 Å². The smallest absolute Gasteiger partial charge is 0.0307 e. The highest BCUT2D eigenvalue weighted by molar-refractivity contribution is 5.21. The van der Waals surface area contributed by atoms with Crippen molar-refractivity contribution in [2.75, 3.05) is 0 Å². The first-order valence-electron chi connectivity index (χ1n) is 3.88. The van der Waals surface area contributed by atoms with Crippen LogP contribution in [0.4, 0.5) is 0 Å². The molecule has 0 saturated heterocycles.